The second-order valence-electron chi connectivity index (χ2n) is 8.90. The minimum atomic E-state index is -0.0660. The molecule has 0 atom stereocenters. The normalized spacial score (nSPS) is 13.8. The first-order valence-electron chi connectivity index (χ1n) is 12.1. The monoisotopic (exact) mass is 500 g/mol. The number of aromatic hydroxyl groups is 1. The number of aryl methyl sites for hydroxylation is 1. The van der Waals surface area contributed by atoms with Crippen molar-refractivity contribution < 1.29 is 19.4 Å². The number of nitrogens with one attached hydrogen (secondary N) is 1. The van der Waals surface area contributed by atoms with Crippen molar-refractivity contribution in [2.45, 2.75) is 6.92 Å². The van der Waals surface area contributed by atoms with Gasteiger partial charge in [-0.2, -0.15) is 0 Å². The molecule has 1 fully saturated rings. The third-order valence-corrected chi connectivity index (χ3v) is 6.39. The van der Waals surface area contributed by atoms with Crippen molar-refractivity contribution in [2.24, 2.45) is 5.73 Å². The van der Waals surface area contributed by atoms with Gasteiger partial charge in [-0.15, -0.1) is 0 Å². The average molecular weight is 501 g/mol. The van der Waals surface area contributed by atoms with E-state index in [-0.39, 0.29) is 24.0 Å². The van der Waals surface area contributed by atoms with Gasteiger partial charge in [0.2, 0.25) is 0 Å². The van der Waals surface area contributed by atoms with Crippen LogP contribution in [0.25, 0.3) is 5.70 Å². The molecule has 8 heteroatoms. The topological polar surface area (TPSA) is 112 Å². The van der Waals surface area contributed by atoms with E-state index < -0.39 is 0 Å². The SMILES string of the molecule is COc1cccc(N2CCN(C(=O)COc3cccc(/C(N)=C/C(=N)c4ccc(O)c(C)c4)c3)CC2)c1. The number of amides is 1. The molecule has 1 aliphatic rings. The van der Waals surface area contributed by atoms with E-state index in [0.29, 0.717) is 41.2 Å². The number of carbonyl (C=O) groups is 1. The Hall–Kier alpha value is -4.46. The van der Waals surface area contributed by atoms with Gasteiger partial charge >= 0.3 is 0 Å². The molecule has 0 aliphatic carbocycles. The van der Waals surface area contributed by atoms with E-state index in [0.717, 1.165) is 24.5 Å². The number of phenols is 1. The quantitative estimate of drug-likeness (QED) is 0.406. The molecule has 3 aromatic rings. The summed E-state index contributed by atoms with van der Waals surface area (Å²) in [6.07, 6.45) is 1.57. The fourth-order valence-corrected chi connectivity index (χ4v) is 4.17. The van der Waals surface area contributed by atoms with Crippen LogP contribution < -0.4 is 20.1 Å². The number of methoxy groups -OCH3 is 1. The summed E-state index contributed by atoms with van der Waals surface area (Å²) >= 11 is 0. The Bertz CT molecular complexity index is 1310. The lowest BCUT2D eigenvalue weighted by molar-refractivity contribution is -0.133. The average Bonchev–Trinajstić information content (AvgIpc) is 2.93. The predicted octanol–water partition coefficient (Wildman–Crippen LogP) is 3.80. The molecule has 0 radical (unpaired) electrons. The summed E-state index contributed by atoms with van der Waals surface area (Å²) in [7, 11) is 1.65. The number of rotatable bonds is 8. The summed E-state index contributed by atoms with van der Waals surface area (Å²) < 4.78 is 11.1. The summed E-state index contributed by atoms with van der Waals surface area (Å²) in [6.45, 7) is 4.43. The van der Waals surface area contributed by atoms with Crippen LogP contribution in [0.1, 0.15) is 16.7 Å². The molecule has 0 unspecified atom stereocenters. The van der Waals surface area contributed by atoms with Crippen LogP contribution in [0.4, 0.5) is 5.69 Å². The Labute approximate surface area is 217 Å². The summed E-state index contributed by atoms with van der Waals surface area (Å²) in [5.74, 6) is 1.47. The Morgan fingerprint density at radius 2 is 1.73 bits per heavy atom. The molecular weight excluding hydrogens is 468 g/mol. The number of nitrogens with zero attached hydrogens (tertiary/aromatic N) is 2. The highest BCUT2D eigenvalue weighted by Crippen LogP contribution is 2.23. The number of benzene rings is 3. The first-order chi connectivity index (χ1) is 17.8. The molecule has 37 heavy (non-hydrogen) atoms. The van der Waals surface area contributed by atoms with Gasteiger partial charge in [0.15, 0.2) is 6.61 Å². The van der Waals surface area contributed by atoms with E-state index in [4.69, 9.17) is 20.6 Å². The number of hydrogen-bond acceptors (Lipinski definition) is 7. The fraction of sp³-hybridized carbons (Fsp3) is 0.241. The molecule has 192 valence electrons. The minimum Gasteiger partial charge on any atom is -0.508 e. The van der Waals surface area contributed by atoms with Gasteiger partial charge in [0, 0.05) is 49.2 Å². The lowest BCUT2D eigenvalue weighted by atomic mass is 10.0. The van der Waals surface area contributed by atoms with Gasteiger partial charge in [-0.05, 0) is 66.6 Å². The maximum Gasteiger partial charge on any atom is 0.260 e. The molecule has 8 nitrogen and oxygen atoms in total. The van der Waals surface area contributed by atoms with Crippen LogP contribution in [0, 0.1) is 12.3 Å². The van der Waals surface area contributed by atoms with Crippen molar-refractivity contribution in [3.8, 4) is 17.2 Å². The highest BCUT2D eigenvalue weighted by atomic mass is 16.5. The largest absolute Gasteiger partial charge is 0.508 e. The van der Waals surface area contributed by atoms with E-state index in [1.165, 1.54) is 0 Å². The lowest BCUT2D eigenvalue weighted by Gasteiger charge is -2.36. The number of hydrogen-bond donors (Lipinski definition) is 3. The zero-order valence-corrected chi connectivity index (χ0v) is 21.1. The predicted molar refractivity (Wildman–Crippen MR) is 146 cm³/mol. The number of phenolic OH excluding ortho intramolecular Hbond substituents is 1. The van der Waals surface area contributed by atoms with Gasteiger partial charge < -0.3 is 35.5 Å². The van der Waals surface area contributed by atoms with Gasteiger partial charge in [0.25, 0.3) is 5.91 Å². The van der Waals surface area contributed by atoms with Crippen molar-refractivity contribution in [1.82, 2.24) is 4.90 Å². The molecule has 0 bridgehead atoms. The van der Waals surface area contributed by atoms with E-state index >= 15 is 0 Å². The molecular formula is C29H32N4O4. The van der Waals surface area contributed by atoms with Crippen LogP contribution in [-0.4, -0.2) is 61.5 Å². The Morgan fingerprint density at radius 3 is 2.46 bits per heavy atom. The molecule has 1 saturated heterocycles. The zero-order chi connectivity index (χ0) is 26.4. The fourth-order valence-electron chi connectivity index (χ4n) is 4.17. The second-order valence-corrected chi connectivity index (χ2v) is 8.90. The second kappa shape index (κ2) is 11.5. The molecule has 4 N–H and O–H groups in total. The van der Waals surface area contributed by atoms with E-state index in [2.05, 4.69) is 4.90 Å². The summed E-state index contributed by atoms with van der Waals surface area (Å²) in [4.78, 5) is 16.8. The minimum absolute atomic E-state index is 0.0607. The smallest absolute Gasteiger partial charge is 0.260 e. The Kier molecular flexibility index (Phi) is 7.98. The lowest BCUT2D eigenvalue weighted by Crippen LogP contribution is -2.50. The van der Waals surface area contributed by atoms with Gasteiger partial charge in [-0.1, -0.05) is 18.2 Å². The molecule has 1 amide bonds. The number of ether oxygens (including phenoxy) is 2. The summed E-state index contributed by atoms with van der Waals surface area (Å²) in [5, 5.41) is 18.0. The van der Waals surface area contributed by atoms with Crippen molar-refractivity contribution in [2.75, 3.05) is 44.8 Å². The van der Waals surface area contributed by atoms with Crippen LogP contribution in [0.3, 0.4) is 0 Å². The number of piperazine rings is 1. The number of carbonyl (C=O) groups excluding carboxylic acids is 1. The molecule has 1 heterocycles. The van der Waals surface area contributed by atoms with Crippen LogP contribution in [0.15, 0.2) is 72.8 Å². The molecule has 0 aromatic heterocycles. The van der Waals surface area contributed by atoms with Crippen LogP contribution in [-0.2, 0) is 4.79 Å². The number of anilines is 1. The number of nitrogens with two attached hydrogens (primary N) is 1. The van der Waals surface area contributed by atoms with E-state index in [1.54, 1.807) is 56.5 Å². The van der Waals surface area contributed by atoms with Crippen LogP contribution in [0.5, 0.6) is 17.2 Å². The maximum absolute atomic E-state index is 12.8. The summed E-state index contributed by atoms with van der Waals surface area (Å²) in [6, 6.07) is 20.1. The molecule has 4 rings (SSSR count). The highest BCUT2D eigenvalue weighted by Gasteiger charge is 2.22. The molecule has 0 spiro atoms. The molecule has 3 aromatic carbocycles. The first kappa shape index (κ1) is 25.6. The third-order valence-electron chi connectivity index (χ3n) is 6.39. The van der Waals surface area contributed by atoms with Crippen molar-refractivity contribution in [3.63, 3.8) is 0 Å². The Balaban J connectivity index is 1.32. The molecule has 0 saturated carbocycles. The standard InChI is InChI=1S/C29H32N4O4/c1-20-15-22(9-10-28(20)34)27(31)18-26(30)21-5-3-8-25(16-21)37-19-29(35)33-13-11-32(12-14-33)23-6-4-7-24(17-23)36-2/h3-10,15-18,31,34H,11-14,19,30H2,1-2H3/b26-18-,31-27?. The number of allylic oxidation sites excluding steroid dienone is 1. The van der Waals surface area contributed by atoms with Crippen molar-refractivity contribution in [1.29, 1.82) is 5.41 Å². The van der Waals surface area contributed by atoms with E-state index in [9.17, 15) is 9.90 Å². The van der Waals surface area contributed by atoms with Crippen molar-refractivity contribution in [3.05, 3.63) is 89.5 Å². The molecule has 1 aliphatic heterocycles. The Morgan fingerprint density at radius 1 is 1.00 bits per heavy atom. The van der Waals surface area contributed by atoms with E-state index in [1.807, 2.05) is 35.2 Å². The van der Waals surface area contributed by atoms with Gasteiger partial charge in [0.05, 0.1) is 12.8 Å². The highest BCUT2D eigenvalue weighted by molar-refractivity contribution is 6.10. The van der Waals surface area contributed by atoms with Crippen LogP contribution >= 0.6 is 0 Å². The maximum atomic E-state index is 12.8. The van der Waals surface area contributed by atoms with Crippen molar-refractivity contribution >= 4 is 23.0 Å². The van der Waals surface area contributed by atoms with Gasteiger partial charge in [0.1, 0.15) is 17.2 Å². The van der Waals surface area contributed by atoms with Gasteiger partial charge in [-0.25, -0.2) is 0 Å². The third kappa shape index (κ3) is 6.41. The summed E-state index contributed by atoms with van der Waals surface area (Å²) in [5.41, 5.74) is 10.0. The van der Waals surface area contributed by atoms with Gasteiger partial charge in [-0.3, -0.25) is 4.79 Å². The van der Waals surface area contributed by atoms with Crippen LogP contribution in [0.2, 0.25) is 0 Å². The zero-order valence-electron chi connectivity index (χ0n) is 21.1. The first-order valence-corrected chi connectivity index (χ1v) is 12.1.